The number of aryl methyl sites for hydroxylation is 1. The van der Waals surface area contributed by atoms with Gasteiger partial charge in [-0.3, -0.25) is 19.7 Å². The van der Waals surface area contributed by atoms with Gasteiger partial charge in [-0.05, 0) is 49.7 Å². The van der Waals surface area contributed by atoms with E-state index in [0.29, 0.717) is 29.8 Å². The minimum atomic E-state index is -0.478. The molecule has 0 saturated heterocycles. The maximum absolute atomic E-state index is 12.4. The highest BCUT2D eigenvalue weighted by Gasteiger charge is 2.26. The molecule has 25 heavy (non-hydrogen) atoms. The first-order valence-electron chi connectivity index (χ1n) is 7.90. The van der Waals surface area contributed by atoms with Gasteiger partial charge in [0.15, 0.2) is 0 Å². The van der Waals surface area contributed by atoms with Crippen LogP contribution in [-0.4, -0.2) is 23.3 Å². The Hall–Kier alpha value is -3.22. The number of benzene rings is 2. The van der Waals surface area contributed by atoms with Gasteiger partial charge in [-0.2, -0.15) is 0 Å². The van der Waals surface area contributed by atoms with E-state index in [2.05, 4.69) is 5.32 Å². The standard InChI is InChI=1S/C18H17N3O4/c1-3-20-16-7-5-14(9-13(16)10-17(20)22)19-18(23)12-4-6-15(21(24)25)11(2)8-12/h4-9H,3,10H2,1-2H3,(H,19,23). The Morgan fingerprint density at radius 2 is 2.04 bits per heavy atom. The van der Waals surface area contributed by atoms with Crippen LogP contribution in [0.1, 0.15) is 28.4 Å². The molecule has 128 valence electrons. The van der Waals surface area contributed by atoms with E-state index in [0.717, 1.165) is 11.3 Å². The minimum Gasteiger partial charge on any atom is -0.322 e. The number of nitro benzene ring substituents is 1. The number of nitrogens with one attached hydrogen (secondary N) is 1. The van der Waals surface area contributed by atoms with Crippen molar-refractivity contribution in [2.24, 2.45) is 0 Å². The molecule has 2 amide bonds. The summed E-state index contributed by atoms with van der Waals surface area (Å²) in [5.74, 6) is -0.304. The second-order valence-electron chi connectivity index (χ2n) is 5.87. The molecular formula is C18H17N3O4. The maximum Gasteiger partial charge on any atom is 0.272 e. The molecule has 0 atom stereocenters. The topological polar surface area (TPSA) is 92.6 Å². The first-order chi connectivity index (χ1) is 11.9. The van der Waals surface area contributed by atoms with E-state index in [1.807, 2.05) is 13.0 Å². The van der Waals surface area contributed by atoms with Crippen molar-refractivity contribution in [1.82, 2.24) is 0 Å². The monoisotopic (exact) mass is 339 g/mol. The van der Waals surface area contributed by atoms with Gasteiger partial charge >= 0.3 is 0 Å². The quantitative estimate of drug-likeness (QED) is 0.684. The molecule has 0 saturated carbocycles. The van der Waals surface area contributed by atoms with E-state index in [1.165, 1.54) is 18.2 Å². The van der Waals surface area contributed by atoms with Crippen LogP contribution in [0.4, 0.5) is 17.1 Å². The maximum atomic E-state index is 12.4. The Labute approximate surface area is 144 Å². The number of nitro groups is 1. The lowest BCUT2D eigenvalue weighted by Crippen LogP contribution is -2.25. The molecule has 7 nitrogen and oxygen atoms in total. The van der Waals surface area contributed by atoms with Gasteiger partial charge in [0.05, 0.1) is 11.3 Å². The molecule has 1 aliphatic heterocycles. The van der Waals surface area contributed by atoms with Crippen LogP contribution in [0.5, 0.6) is 0 Å². The summed E-state index contributed by atoms with van der Waals surface area (Å²) in [6.45, 7) is 4.12. The number of fused-ring (bicyclic) bond motifs is 1. The van der Waals surface area contributed by atoms with Gasteiger partial charge in [-0.25, -0.2) is 0 Å². The molecule has 2 aromatic carbocycles. The van der Waals surface area contributed by atoms with Crippen LogP contribution in [-0.2, 0) is 11.2 Å². The zero-order chi connectivity index (χ0) is 18.1. The minimum absolute atomic E-state index is 0.0211. The van der Waals surface area contributed by atoms with E-state index in [-0.39, 0.29) is 17.5 Å². The van der Waals surface area contributed by atoms with Crippen molar-refractivity contribution in [2.45, 2.75) is 20.3 Å². The van der Waals surface area contributed by atoms with E-state index in [4.69, 9.17) is 0 Å². The molecule has 1 heterocycles. The molecule has 0 radical (unpaired) electrons. The van der Waals surface area contributed by atoms with E-state index >= 15 is 0 Å². The van der Waals surface area contributed by atoms with Crippen LogP contribution in [0.3, 0.4) is 0 Å². The Kier molecular flexibility index (Phi) is 4.22. The fourth-order valence-electron chi connectivity index (χ4n) is 3.01. The van der Waals surface area contributed by atoms with Crippen molar-refractivity contribution in [3.8, 4) is 0 Å². The van der Waals surface area contributed by atoms with Crippen LogP contribution in [0, 0.1) is 17.0 Å². The van der Waals surface area contributed by atoms with E-state index < -0.39 is 4.92 Å². The van der Waals surface area contributed by atoms with Crippen molar-refractivity contribution in [2.75, 3.05) is 16.8 Å². The number of likely N-dealkylation sites (N-methyl/N-ethyl adjacent to an activating group) is 1. The number of rotatable bonds is 4. The normalized spacial score (nSPS) is 12.9. The van der Waals surface area contributed by atoms with Crippen molar-refractivity contribution < 1.29 is 14.5 Å². The summed E-state index contributed by atoms with van der Waals surface area (Å²) < 4.78 is 0. The molecule has 3 rings (SSSR count). The number of hydrogen-bond acceptors (Lipinski definition) is 4. The number of hydrogen-bond donors (Lipinski definition) is 1. The summed E-state index contributed by atoms with van der Waals surface area (Å²) in [6, 6.07) is 9.60. The van der Waals surface area contributed by atoms with Crippen LogP contribution in [0.2, 0.25) is 0 Å². The molecule has 0 spiro atoms. The Bertz CT molecular complexity index is 892. The molecule has 0 fully saturated rings. The van der Waals surface area contributed by atoms with Crippen LogP contribution < -0.4 is 10.2 Å². The highest BCUT2D eigenvalue weighted by molar-refractivity contribution is 6.06. The van der Waals surface area contributed by atoms with Crippen molar-refractivity contribution in [3.63, 3.8) is 0 Å². The zero-order valence-corrected chi connectivity index (χ0v) is 13.9. The SMILES string of the molecule is CCN1C(=O)Cc2cc(NC(=O)c3ccc([N+](=O)[O-])c(C)c3)ccc21. The average molecular weight is 339 g/mol. The fourth-order valence-corrected chi connectivity index (χ4v) is 3.01. The van der Waals surface area contributed by atoms with Crippen LogP contribution >= 0.6 is 0 Å². The average Bonchev–Trinajstić information content (AvgIpc) is 2.88. The van der Waals surface area contributed by atoms with Crippen LogP contribution in [0.25, 0.3) is 0 Å². The highest BCUT2D eigenvalue weighted by Crippen LogP contribution is 2.31. The second-order valence-corrected chi connectivity index (χ2v) is 5.87. The zero-order valence-electron chi connectivity index (χ0n) is 13.9. The number of carbonyl (C=O) groups is 2. The van der Waals surface area contributed by atoms with Gasteiger partial charge in [-0.15, -0.1) is 0 Å². The first kappa shape index (κ1) is 16.6. The lowest BCUT2D eigenvalue weighted by atomic mass is 10.1. The number of carbonyl (C=O) groups excluding carboxylic acids is 2. The molecule has 0 bridgehead atoms. The Morgan fingerprint density at radius 3 is 2.68 bits per heavy atom. The summed E-state index contributed by atoms with van der Waals surface area (Å²) in [5, 5.41) is 13.6. The van der Waals surface area contributed by atoms with Gasteiger partial charge in [0.25, 0.3) is 11.6 Å². The molecule has 1 aliphatic rings. The molecule has 7 heteroatoms. The molecule has 0 unspecified atom stereocenters. The molecule has 0 aliphatic carbocycles. The van der Waals surface area contributed by atoms with Crippen molar-refractivity contribution in [1.29, 1.82) is 0 Å². The summed E-state index contributed by atoms with van der Waals surface area (Å²) in [4.78, 5) is 36.4. The second kappa shape index (κ2) is 6.35. The van der Waals surface area contributed by atoms with Crippen molar-refractivity contribution >= 4 is 28.9 Å². The third-order valence-electron chi connectivity index (χ3n) is 4.24. The predicted molar refractivity (Wildman–Crippen MR) is 94.0 cm³/mol. The van der Waals surface area contributed by atoms with Gasteiger partial charge in [0, 0.05) is 35.1 Å². The van der Waals surface area contributed by atoms with Gasteiger partial charge < -0.3 is 10.2 Å². The molecule has 0 aromatic heterocycles. The molecule has 2 aromatic rings. The van der Waals surface area contributed by atoms with Crippen LogP contribution in [0.15, 0.2) is 36.4 Å². The van der Waals surface area contributed by atoms with E-state index in [1.54, 1.807) is 24.0 Å². The van der Waals surface area contributed by atoms with Gasteiger partial charge in [0.2, 0.25) is 5.91 Å². The smallest absolute Gasteiger partial charge is 0.272 e. The summed E-state index contributed by atoms with van der Waals surface area (Å²) in [5.41, 5.74) is 3.09. The van der Waals surface area contributed by atoms with E-state index in [9.17, 15) is 19.7 Å². The lowest BCUT2D eigenvalue weighted by Gasteiger charge is -2.15. The fraction of sp³-hybridized carbons (Fsp3) is 0.222. The predicted octanol–water partition coefficient (Wildman–Crippen LogP) is 3.06. The number of nitrogens with zero attached hydrogens (tertiary/aromatic N) is 2. The largest absolute Gasteiger partial charge is 0.322 e. The molecule has 1 N–H and O–H groups in total. The van der Waals surface area contributed by atoms with Gasteiger partial charge in [0.1, 0.15) is 0 Å². The third kappa shape index (κ3) is 3.08. The summed E-state index contributed by atoms with van der Waals surface area (Å²) in [6.07, 6.45) is 0.323. The lowest BCUT2D eigenvalue weighted by molar-refractivity contribution is -0.385. The molecular weight excluding hydrogens is 322 g/mol. The Balaban J connectivity index is 1.81. The summed E-state index contributed by atoms with van der Waals surface area (Å²) in [7, 11) is 0. The number of anilines is 2. The first-order valence-corrected chi connectivity index (χ1v) is 7.90. The number of amides is 2. The van der Waals surface area contributed by atoms with Gasteiger partial charge in [-0.1, -0.05) is 0 Å². The van der Waals surface area contributed by atoms with Crippen molar-refractivity contribution in [3.05, 3.63) is 63.2 Å². The summed E-state index contributed by atoms with van der Waals surface area (Å²) >= 11 is 0. The highest BCUT2D eigenvalue weighted by atomic mass is 16.6. The Morgan fingerprint density at radius 1 is 1.28 bits per heavy atom. The third-order valence-corrected chi connectivity index (χ3v) is 4.24.